The second-order valence-electron chi connectivity index (χ2n) is 7.81. The van der Waals surface area contributed by atoms with Crippen LogP contribution in [-0.4, -0.2) is 41.3 Å². The molecule has 0 aliphatic carbocycles. The fourth-order valence-electron chi connectivity index (χ4n) is 3.86. The van der Waals surface area contributed by atoms with Crippen LogP contribution < -0.4 is 5.32 Å². The quantitative estimate of drug-likeness (QED) is 0.578. The average molecular weight is 431 g/mol. The molecule has 4 rings (SSSR count). The van der Waals surface area contributed by atoms with Gasteiger partial charge < -0.3 is 14.9 Å². The summed E-state index contributed by atoms with van der Waals surface area (Å²) in [7, 11) is 0. The summed E-state index contributed by atoms with van der Waals surface area (Å²) in [4.78, 5) is 35.5. The molecular formula is C25H25N3O4. The van der Waals surface area contributed by atoms with Gasteiger partial charge in [0, 0.05) is 24.4 Å². The molecule has 0 bridgehead atoms. The van der Waals surface area contributed by atoms with E-state index in [1.807, 2.05) is 61.5 Å². The van der Waals surface area contributed by atoms with Crippen molar-refractivity contribution < 1.29 is 19.2 Å². The van der Waals surface area contributed by atoms with E-state index in [0.717, 1.165) is 21.9 Å². The maximum Gasteiger partial charge on any atom is 0.354 e. The van der Waals surface area contributed by atoms with Gasteiger partial charge in [-0.05, 0) is 36.4 Å². The van der Waals surface area contributed by atoms with Crippen molar-refractivity contribution >= 4 is 28.4 Å². The van der Waals surface area contributed by atoms with Crippen molar-refractivity contribution in [3.05, 3.63) is 77.6 Å². The van der Waals surface area contributed by atoms with Gasteiger partial charge in [0.2, 0.25) is 5.60 Å². The lowest BCUT2D eigenvalue weighted by Gasteiger charge is -2.25. The molecule has 1 aromatic heterocycles. The number of rotatable bonds is 7. The Labute approximate surface area is 186 Å². The number of nitrogens with one attached hydrogen (secondary N) is 1. The SMILES string of the molecule is CCOC(=O)C1(Cc2ccccc2C)CC(CNC(=O)c2nccc3ccccc23)=NO1. The first-order chi connectivity index (χ1) is 15.5. The highest BCUT2D eigenvalue weighted by Gasteiger charge is 2.48. The van der Waals surface area contributed by atoms with E-state index < -0.39 is 11.6 Å². The molecule has 7 nitrogen and oxygen atoms in total. The van der Waals surface area contributed by atoms with Gasteiger partial charge in [-0.15, -0.1) is 0 Å². The number of nitrogens with zero attached hydrogens (tertiary/aromatic N) is 2. The molecular weight excluding hydrogens is 406 g/mol. The zero-order valence-electron chi connectivity index (χ0n) is 18.1. The highest BCUT2D eigenvalue weighted by Crippen LogP contribution is 2.31. The summed E-state index contributed by atoms with van der Waals surface area (Å²) >= 11 is 0. The summed E-state index contributed by atoms with van der Waals surface area (Å²) in [6.07, 6.45) is 2.19. The van der Waals surface area contributed by atoms with Gasteiger partial charge in [0.1, 0.15) is 5.69 Å². The second kappa shape index (κ2) is 9.18. The van der Waals surface area contributed by atoms with Gasteiger partial charge in [-0.1, -0.05) is 53.7 Å². The Balaban J connectivity index is 1.47. The summed E-state index contributed by atoms with van der Waals surface area (Å²) in [6.45, 7) is 4.14. The van der Waals surface area contributed by atoms with Crippen molar-refractivity contribution in [3.63, 3.8) is 0 Å². The molecule has 7 heteroatoms. The molecule has 0 fully saturated rings. The summed E-state index contributed by atoms with van der Waals surface area (Å²) < 4.78 is 5.30. The first kappa shape index (κ1) is 21.5. The van der Waals surface area contributed by atoms with Crippen molar-refractivity contribution in [2.75, 3.05) is 13.2 Å². The Bertz CT molecular complexity index is 1190. The third-order valence-corrected chi connectivity index (χ3v) is 5.57. The number of hydrogen-bond donors (Lipinski definition) is 1. The molecule has 164 valence electrons. The Morgan fingerprint density at radius 1 is 1.12 bits per heavy atom. The second-order valence-corrected chi connectivity index (χ2v) is 7.81. The number of carbonyl (C=O) groups excluding carboxylic acids is 2. The predicted octanol–water partition coefficient (Wildman–Crippen LogP) is 3.59. The van der Waals surface area contributed by atoms with Crippen LogP contribution in [-0.2, 0) is 20.8 Å². The largest absolute Gasteiger partial charge is 0.463 e. The Morgan fingerprint density at radius 2 is 1.91 bits per heavy atom. The van der Waals surface area contributed by atoms with Crippen LogP contribution in [0.4, 0.5) is 0 Å². The van der Waals surface area contributed by atoms with Crippen molar-refractivity contribution in [1.29, 1.82) is 0 Å². The molecule has 32 heavy (non-hydrogen) atoms. The molecule has 1 atom stereocenters. The molecule has 1 aliphatic rings. The number of amides is 1. The van der Waals surface area contributed by atoms with Crippen molar-refractivity contribution in [3.8, 4) is 0 Å². The maximum atomic E-state index is 12.8. The van der Waals surface area contributed by atoms with E-state index in [0.29, 0.717) is 17.8 Å². The highest BCUT2D eigenvalue weighted by molar-refractivity contribution is 6.06. The summed E-state index contributed by atoms with van der Waals surface area (Å²) in [5.74, 6) is -0.763. The van der Waals surface area contributed by atoms with Gasteiger partial charge in [-0.2, -0.15) is 0 Å². The number of fused-ring (bicyclic) bond motifs is 1. The van der Waals surface area contributed by atoms with E-state index in [9.17, 15) is 9.59 Å². The number of pyridine rings is 1. The van der Waals surface area contributed by atoms with Gasteiger partial charge in [0.15, 0.2) is 0 Å². The third kappa shape index (κ3) is 4.32. The third-order valence-electron chi connectivity index (χ3n) is 5.57. The van der Waals surface area contributed by atoms with Crippen LogP contribution in [0.3, 0.4) is 0 Å². The fraction of sp³-hybridized carbons (Fsp3) is 0.280. The topological polar surface area (TPSA) is 89.9 Å². The molecule has 2 aromatic carbocycles. The summed E-state index contributed by atoms with van der Waals surface area (Å²) in [5.41, 5.74) is 1.73. The van der Waals surface area contributed by atoms with Crippen LogP contribution in [0, 0.1) is 6.92 Å². The van der Waals surface area contributed by atoms with Crippen molar-refractivity contribution in [2.45, 2.75) is 32.3 Å². The molecule has 1 N–H and O–H groups in total. The molecule has 3 aromatic rings. The standard InChI is InChI=1S/C25H25N3O4/c1-3-31-24(30)25(14-19-10-5-4-8-17(19)2)15-20(28-32-25)16-27-23(29)22-21-11-7-6-9-18(21)12-13-26-22/h4-13H,3,14-16H2,1-2H3,(H,27,29). The van der Waals surface area contributed by atoms with Crippen LogP contribution >= 0.6 is 0 Å². The van der Waals surface area contributed by atoms with Crippen LogP contribution in [0.25, 0.3) is 10.8 Å². The zero-order chi connectivity index (χ0) is 22.6. The average Bonchev–Trinajstić information content (AvgIpc) is 3.23. The summed E-state index contributed by atoms with van der Waals surface area (Å²) in [5, 5.41) is 8.69. The molecule has 1 aliphatic heterocycles. The molecule has 2 heterocycles. The van der Waals surface area contributed by atoms with Crippen molar-refractivity contribution in [2.24, 2.45) is 5.16 Å². The van der Waals surface area contributed by atoms with Crippen LogP contribution in [0.1, 0.15) is 35.0 Å². The van der Waals surface area contributed by atoms with E-state index in [1.165, 1.54) is 0 Å². The number of oxime groups is 1. The fourth-order valence-corrected chi connectivity index (χ4v) is 3.86. The number of benzene rings is 2. The van der Waals surface area contributed by atoms with Crippen LogP contribution in [0.15, 0.2) is 65.9 Å². The number of aryl methyl sites for hydroxylation is 1. The first-order valence-electron chi connectivity index (χ1n) is 10.6. The van der Waals surface area contributed by atoms with Crippen LogP contribution in [0.2, 0.25) is 0 Å². The van der Waals surface area contributed by atoms with E-state index in [1.54, 1.807) is 13.1 Å². The number of aromatic nitrogens is 1. The Hall–Kier alpha value is -3.74. The van der Waals surface area contributed by atoms with Gasteiger partial charge in [0.05, 0.1) is 18.9 Å². The summed E-state index contributed by atoms with van der Waals surface area (Å²) in [6, 6.07) is 17.3. The number of esters is 1. The number of carbonyl (C=O) groups is 2. The van der Waals surface area contributed by atoms with E-state index in [4.69, 9.17) is 9.57 Å². The molecule has 0 saturated heterocycles. The van der Waals surface area contributed by atoms with Gasteiger partial charge >= 0.3 is 5.97 Å². The minimum absolute atomic E-state index is 0.151. The number of ether oxygens (including phenoxy) is 1. The lowest BCUT2D eigenvalue weighted by atomic mass is 9.88. The minimum Gasteiger partial charge on any atom is -0.463 e. The molecule has 1 amide bonds. The van der Waals surface area contributed by atoms with Crippen LogP contribution in [0.5, 0.6) is 0 Å². The molecule has 0 saturated carbocycles. The zero-order valence-corrected chi connectivity index (χ0v) is 18.1. The number of hydrogen-bond acceptors (Lipinski definition) is 6. The maximum absolute atomic E-state index is 12.8. The normalized spacial score (nSPS) is 17.5. The molecule has 0 spiro atoms. The van der Waals surface area contributed by atoms with Gasteiger partial charge in [-0.3, -0.25) is 9.78 Å². The lowest BCUT2D eigenvalue weighted by Crippen LogP contribution is -2.43. The van der Waals surface area contributed by atoms with Gasteiger partial charge in [0.25, 0.3) is 5.91 Å². The predicted molar refractivity (Wildman–Crippen MR) is 121 cm³/mol. The van der Waals surface area contributed by atoms with E-state index in [-0.39, 0.29) is 25.5 Å². The minimum atomic E-state index is -1.24. The highest BCUT2D eigenvalue weighted by atomic mass is 16.7. The van der Waals surface area contributed by atoms with Crippen molar-refractivity contribution in [1.82, 2.24) is 10.3 Å². The van der Waals surface area contributed by atoms with E-state index >= 15 is 0 Å². The molecule has 1 unspecified atom stereocenters. The molecule has 0 radical (unpaired) electrons. The lowest BCUT2D eigenvalue weighted by molar-refractivity contribution is -0.168. The first-order valence-corrected chi connectivity index (χ1v) is 10.6. The van der Waals surface area contributed by atoms with Gasteiger partial charge in [-0.25, -0.2) is 4.79 Å². The monoisotopic (exact) mass is 431 g/mol. The Morgan fingerprint density at radius 3 is 2.72 bits per heavy atom. The Kier molecular flexibility index (Phi) is 6.16. The van der Waals surface area contributed by atoms with E-state index in [2.05, 4.69) is 15.5 Å². The smallest absolute Gasteiger partial charge is 0.354 e.